The van der Waals surface area contributed by atoms with Gasteiger partial charge in [0.25, 0.3) is 0 Å². The van der Waals surface area contributed by atoms with Crippen molar-refractivity contribution >= 4 is 23.4 Å². The lowest BCUT2D eigenvalue weighted by Crippen LogP contribution is -2.10. The number of anilines is 2. The predicted octanol–water partition coefficient (Wildman–Crippen LogP) is 2.77. The fourth-order valence-corrected chi connectivity index (χ4v) is 1.91. The topological polar surface area (TPSA) is 49.8 Å². The average Bonchev–Trinajstić information content (AvgIpc) is 2.35. The molecule has 0 saturated heterocycles. The number of nitrogens with zero attached hydrogens (tertiary/aromatic N) is 2. The van der Waals surface area contributed by atoms with Gasteiger partial charge < -0.3 is 10.6 Å². The molecule has 96 valence electrons. The van der Waals surface area contributed by atoms with Crippen molar-refractivity contribution in [2.75, 3.05) is 35.7 Å². The molecule has 0 atom stereocenters. The highest BCUT2D eigenvalue weighted by molar-refractivity contribution is 7.98. The smallest absolute Gasteiger partial charge is 0.134 e. The zero-order valence-corrected chi connectivity index (χ0v) is 11.7. The van der Waals surface area contributed by atoms with Crippen LogP contribution in [-0.2, 0) is 0 Å². The van der Waals surface area contributed by atoms with E-state index < -0.39 is 0 Å². The third-order valence-corrected chi connectivity index (χ3v) is 3.14. The van der Waals surface area contributed by atoms with Gasteiger partial charge in [-0.25, -0.2) is 9.97 Å². The Morgan fingerprint density at radius 3 is 2.41 bits per heavy atom. The number of rotatable bonds is 8. The summed E-state index contributed by atoms with van der Waals surface area (Å²) in [6.45, 7) is 6.11. The molecule has 1 heterocycles. The summed E-state index contributed by atoms with van der Waals surface area (Å²) in [6.07, 6.45) is 5.99. The van der Waals surface area contributed by atoms with Crippen LogP contribution in [0.15, 0.2) is 6.33 Å². The van der Waals surface area contributed by atoms with Crippen LogP contribution < -0.4 is 10.6 Å². The van der Waals surface area contributed by atoms with Gasteiger partial charge in [-0.15, -0.1) is 0 Å². The molecule has 4 nitrogen and oxygen atoms in total. The van der Waals surface area contributed by atoms with Gasteiger partial charge in [0.15, 0.2) is 0 Å². The Hall–Kier alpha value is -0.970. The first-order valence-electron chi connectivity index (χ1n) is 6.07. The molecule has 1 rings (SSSR count). The summed E-state index contributed by atoms with van der Waals surface area (Å²) in [6, 6.07) is 0. The Balaban J connectivity index is 2.53. The quantitative estimate of drug-likeness (QED) is 0.699. The largest absolute Gasteiger partial charge is 0.370 e. The maximum atomic E-state index is 4.28. The van der Waals surface area contributed by atoms with Gasteiger partial charge in [0.05, 0.1) is 0 Å². The maximum absolute atomic E-state index is 4.28. The highest BCUT2D eigenvalue weighted by Gasteiger charge is 2.05. The van der Waals surface area contributed by atoms with Gasteiger partial charge in [0, 0.05) is 18.7 Å². The summed E-state index contributed by atoms with van der Waals surface area (Å²) < 4.78 is 0. The Labute approximate surface area is 108 Å². The summed E-state index contributed by atoms with van der Waals surface area (Å²) >= 11 is 1.87. The summed E-state index contributed by atoms with van der Waals surface area (Å²) in [7, 11) is 0. The fourth-order valence-electron chi connectivity index (χ4n) is 1.47. The van der Waals surface area contributed by atoms with Crippen LogP contribution in [-0.4, -0.2) is 35.1 Å². The zero-order chi connectivity index (χ0) is 12.5. The molecule has 0 aliphatic carbocycles. The number of aromatic nitrogens is 2. The van der Waals surface area contributed by atoms with Gasteiger partial charge in [0.1, 0.15) is 18.0 Å². The van der Waals surface area contributed by atoms with E-state index in [9.17, 15) is 0 Å². The molecule has 0 amide bonds. The lowest BCUT2D eigenvalue weighted by atomic mass is 10.3. The van der Waals surface area contributed by atoms with E-state index >= 15 is 0 Å². The second-order valence-corrected chi connectivity index (χ2v) is 4.88. The molecule has 0 radical (unpaired) electrons. The number of thioether (sulfide) groups is 1. The third kappa shape index (κ3) is 4.81. The normalized spacial score (nSPS) is 10.3. The predicted molar refractivity (Wildman–Crippen MR) is 77.0 cm³/mol. The van der Waals surface area contributed by atoms with Crippen LogP contribution in [0, 0.1) is 6.92 Å². The van der Waals surface area contributed by atoms with Crippen molar-refractivity contribution < 1.29 is 0 Å². The van der Waals surface area contributed by atoms with E-state index in [0.29, 0.717) is 0 Å². The van der Waals surface area contributed by atoms with E-state index in [4.69, 9.17) is 0 Å². The first kappa shape index (κ1) is 14.1. The molecule has 0 aliphatic rings. The van der Waals surface area contributed by atoms with E-state index in [1.54, 1.807) is 6.33 Å². The van der Waals surface area contributed by atoms with E-state index in [1.807, 2.05) is 11.8 Å². The van der Waals surface area contributed by atoms with Gasteiger partial charge in [-0.3, -0.25) is 0 Å². The molecule has 0 bridgehead atoms. The second-order valence-electron chi connectivity index (χ2n) is 3.90. The Bertz CT molecular complexity index is 330. The average molecular weight is 254 g/mol. The maximum Gasteiger partial charge on any atom is 0.134 e. The van der Waals surface area contributed by atoms with Crippen LogP contribution >= 0.6 is 11.8 Å². The Kier molecular flexibility index (Phi) is 6.77. The van der Waals surface area contributed by atoms with Crippen LogP contribution in [0.25, 0.3) is 0 Å². The van der Waals surface area contributed by atoms with Crippen molar-refractivity contribution in [3.63, 3.8) is 0 Å². The molecule has 0 fully saturated rings. The molecule has 0 saturated carbocycles. The zero-order valence-electron chi connectivity index (χ0n) is 10.9. The molecule has 2 N–H and O–H groups in total. The molecule has 1 aromatic heterocycles. The van der Waals surface area contributed by atoms with Crippen LogP contribution in [0.3, 0.4) is 0 Å². The minimum Gasteiger partial charge on any atom is -0.370 e. The lowest BCUT2D eigenvalue weighted by molar-refractivity contribution is 0.947. The summed E-state index contributed by atoms with van der Waals surface area (Å²) in [4.78, 5) is 8.53. The monoisotopic (exact) mass is 254 g/mol. The minimum atomic E-state index is 0.939. The van der Waals surface area contributed by atoms with Crippen molar-refractivity contribution in [2.45, 2.75) is 26.7 Å². The van der Waals surface area contributed by atoms with Gasteiger partial charge in [-0.1, -0.05) is 6.92 Å². The SMILES string of the molecule is CCCNc1ncnc(NCCCSC)c1C. The van der Waals surface area contributed by atoms with Gasteiger partial charge in [-0.05, 0) is 31.8 Å². The van der Waals surface area contributed by atoms with Crippen LogP contribution in [0.2, 0.25) is 0 Å². The van der Waals surface area contributed by atoms with Crippen molar-refractivity contribution in [2.24, 2.45) is 0 Å². The van der Waals surface area contributed by atoms with Gasteiger partial charge in [0.2, 0.25) is 0 Å². The Morgan fingerprint density at radius 2 is 1.82 bits per heavy atom. The van der Waals surface area contributed by atoms with Gasteiger partial charge >= 0.3 is 0 Å². The Morgan fingerprint density at radius 1 is 1.18 bits per heavy atom. The lowest BCUT2D eigenvalue weighted by Gasteiger charge is -2.12. The first-order valence-corrected chi connectivity index (χ1v) is 7.47. The summed E-state index contributed by atoms with van der Waals surface area (Å²) in [5.41, 5.74) is 1.10. The number of hydrogen-bond donors (Lipinski definition) is 2. The molecule has 5 heteroatoms. The van der Waals surface area contributed by atoms with Crippen molar-refractivity contribution in [1.82, 2.24) is 9.97 Å². The fraction of sp³-hybridized carbons (Fsp3) is 0.667. The molecule has 0 aliphatic heterocycles. The third-order valence-electron chi connectivity index (χ3n) is 2.44. The van der Waals surface area contributed by atoms with E-state index in [1.165, 1.54) is 5.75 Å². The minimum absolute atomic E-state index is 0.939. The number of nitrogens with one attached hydrogen (secondary N) is 2. The molecular weight excluding hydrogens is 232 g/mol. The highest BCUT2D eigenvalue weighted by Crippen LogP contribution is 2.17. The molecule has 1 aromatic rings. The summed E-state index contributed by atoms with van der Waals surface area (Å²) in [5, 5.41) is 6.67. The highest BCUT2D eigenvalue weighted by atomic mass is 32.2. The van der Waals surface area contributed by atoms with Crippen LogP contribution in [0.5, 0.6) is 0 Å². The molecule has 0 aromatic carbocycles. The van der Waals surface area contributed by atoms with Gasteiger partial charge in [-0.2, -0.15) is 11.8 Å². The first-order chi connectivity index (χ1) is 8.29. The van der Waals surface area contributed by atoms with E-state index in [2.05, 4.69) is 40.7 Å². The van der Waals surface area contributed by atoms with Crippen molar-refractivity contribution in [1.29, 1.82) is 0 Å². The molecule has 0 unspecified atom stereocenters. The number of hydrogen-bond acceptors (Lipinski definition) is 5. The van der Waals surface area contributed by atoms with Crippen molar-refractivity contribution in [3.05, 3.63) is 11.9 Å². The second kappa shape index (κ2) is 8.17. The van der Waals surface area contributed by atoms with Crippen LogP contribution in [0.1, 0.15) is 25.3 Å². The molecule has 0 spiro atoms. The standard InChI is InChI=1S/C12H22N4S/c1-4-6-13-11-10(2)12(16-9-15-11)14-7-5-8-17-3/h9H,4-8H2,1-3H3,(H2,13,14,15,16). The van der Waals surface area contributed by atoms with Crippen molar-refractivity contribution in [3.8, 4) is 0 Å². The molecular formula is C12H22N4S. The van der Waals surface area contributed by atoms with E-state index in [0.717, 1.165) is 43.1 Å². The summed E-state index contributed by atoms with van der Waals surface area (Å²) in [5.74, 6) is 3.06. The molecule has 17 heavy (non-hydrogen) atoms. The van der Waals surface area contributed by atoms with Crippen LogP contribution in [0.4, 0.5) is 11.6 Å². The van der Waals surface area contributed by atoms with E-state index in [-0.39, 0.29) is 0 Å².